The maximum Gasteiger partial charge on any atom is 0.339 e. The Morgan fingerprint density at radius 3 is 2.33 bits per heavy atom. The molecule has 2 N–H and O–H groups in total. The Kier molecular flexibility index (Phi) is 11.9. The number of carboxylic acid groups (broad SMARTS) is 1. The van der Waals surface area contributed by atoms with Crippen molar-refractivity contribution in [2.45, 2.75) is 39.2 Å². The lowest BCUT2D eigenvalue weighted by Crippen LogP contribution is -2.29. The minimum absolute atomic E-state index is 0.0167. The van der Waals surface area contributed by atoms with E-state index in [2.05, 4.69) is 29.3 Å². The molecule has 0 saturated heterocycles. The Morgan fingerprint density at radius 1 is 1.10 bits per heavy atom. The van der Waals surface area contributed by atoms with Crippen LogP contribution in [0.25, 0.3) is 0 Å². The summed E-state index contributed by atoms with van der Waals surface area (Å²) >= 11 is 0. The highest BCUT2D eigenvalue weighted by atomic mass is 16.5. The lowest BCUT2D eigenvalue weighted by atomic mass is 10.1. The average molecular weight is 417 g/mol. The van der Waals surface area contributed by atoms with Crippen molar-refractivity contribution in [3.8, 4) is 0 Å². The second-order valence-corrected chi connectivity index (χ2v) is 6.27. The molecule has 0 saturated carbocycles. The number of esters is 2. The number of unbranched alkanes of at least 4 members (excludes halogenated alkanes) is 2. The molecule has 8 heteroatoms. The number of carbonyl (C=O) groups excluding carboxylic acids is 2. The summed E-state index contributed by atoms with van der Waals surface area (Å²) in [6.07, 6.45) is 10.6. The van der Waals surface area contributed by atoms with Gasteiger partial charge in [0.2, 0.25) is 6.33 Å². The first-order valence-corrected chi connectivity index (χ1v) is 9.80. The summed E-state index contributed by atoms with van der Waals surface area (Å²) in [5.74, 6) is -2.36. The summed E-state index contributed by atoms with van der Waals surface area (Å²) in [5, 5.41) is 8.97. The molecule has 0 atom stereocenters. The largest absolute Gasteiger partial charge is 0.478 e. The van der Waals surface area contributed by atoms with Crippen LogP contribution in [0.15, 0.2) is 55.6 Å². The number of hydrogen-bond acceptors (Lipinski definition) is 5. The zero-order chi connectivity index (χ0) is 22.2. The van der Waals surface area contributed by atoms with Crippen LogP contribution >= 0.6 is 0 Å². The molecule has 0 fully saturated rings. The molecule has 0 radical (unpaired) electrons. The fourth-order valence-electron chi connectivity index (χ4n) is 2.33. The number of benzene rings is 1. The van der Waals surface area contributed by atoms with Crippen molar-refractivity contribution in [2.75, 3.05) is 13.2 Å². The molecular weight excluding hydrogens is 388 g/mol. The number of carbonyl (C=O) groups is 3. The number of aromatic amines is 1. The maximum absolute atomic E-state index is 11.8. The molecule has 30 heavy (non-hydrogen) atoms. The Hall–Kier alpha value is -3.42. The Bertz CT molecular complexity index is 802. The number of hydrogen-bond donors (Lipinski definition) is 2. The van der Waals surface area contributed by atoms with Crippen LogP contribution in [0, 0.1) is 0 Å². The topological polar surface area (TPSA) is 110 Å². The van der Waals surface area contributed by atoms with Gasteiger partial charge in [0.1, 0.15) is 12.4 Å². The lowest BCUT2D eigenvalue weighted by molar-refractivity contribution is -0.696. The number of aromatic nitrogens is 2. The normalized spacial score (nSPS) is 9.77. The summed E-state index contributed by atoms with van der Waals surface area (Å²) in [6, 6.07) is 5.84. The van der Waals surface area contributed by atoms with Gasteiger partial charge in [-0.3, -0.25) is 4.98 Å². The van der Waals surface area contributed by atoms with Crippen LogP contribution in [0.1, 0.15) is 53.3 Å². The maximum atomic E-state index is 11.8. The second-order valence-electron chi connectivity index (χ2n) is 6.27. The van der Waals surface area contributed by atoms with Crippen LogP contribution in [-0.4, -0.2) is 41.2 Å². The number of aromatic carboxylic acids is 1. The highest BCUT2D eigenvalue weighted by molar-refractivity contribution is 6.02. The molecule has 2 aromatic rings. The van der Waals surface area contributed by atoms with Crippen molar-refractivity contribution in [1.82, 2.24) is 4.98 Å². The van der Waals surface area contributed by atoms with Gasteiger partial charge in [-0.2, -0.15) is 0 Å². The molecule has 0 aliphatic carbocycles. The Balaban J connectivity index is 0.000000414. The third-order valence-corrected chi connectivity index (χ3v) is 3.93. The van der Waals surface area contributed by atoms with E-state index < -0.39 is 17.9 Å². The van der Waals surface area contributed by atoms with Crippen LogP contribution in [0.2, 0.25) is 0 Å². The van der Waals surface area contributed by atoms with E-state index in [1.165, 1.54) is 31.0 Å². The predicted octanol–water partition coefficient (Wildman–Crippen LogP) is 3.15. The van der Waals surface area contributed by atoms with Gasteiger partial charge in [-0.1, -0.05) is 32.1 Å². The van der Waals surface area contributed by atoms with Crippen molar-refractivity contribution in [3.05, 3.63) is 66.8 Å². The van der Waals surface area contributed by atoms with Crippen LogP contribution in [-0.2, 0) is 20.8 Å². The number of nitrogens with zero attached hydrogens (tertiary/aromatic N) is 1. The third kappa shape index (κ3) is 9.68. The molecular formula is C22H29N2O6+. The van der Waals surface area contributed by atoms with Crippen molar-refractivity contribution in [3.63, 3.8) is 0 Å². The van der Waals surface area contributed by atoms with E-state index in [0.717, 1.165) is 12.6 Å². The molecule has 162 valence electrons. The van der Waals surface area contributed by atoms with Crippen LogP contribution in [0.3, 0.4) is 0 Å². The van der Waals surface area contributed by atoms with Gasteiger partial charge in [-0.05, 0) is 31.4 Å². The second kappa shape index (κ2) is 14.6. The van der Waals surface area contributed by atoms with Gasteiger partial charge in [0.05, 0.1) is 30.9 Å². The molecule has 1 heterocycles. The first kappa shape index (κ1) is 24.6. The number of rotatable bonds is 11. The van der Waals surface area contributed by atoms with Crippen molar-refractivity contribution < 1.29 is 33.5 Å². The molecule has 8 nitrogen and oxygen atoms in total. The first-order valence-electron chi connectivity index (χ1n) is 9.80. The van der Waals surface area contributed by atoms with E-state index in [9.17, 15) is 14.4 Å². The van der Waals surface area contributed by atoms with E-state index in [-0.39, 0.29) is 24.3 Å². The summed E-state index contributed by atoms with van der Waals surface area (Å²) < 4.78 is 11.9. The van der Waals surface area contributed by atoms with Gasteiger partial charge >= 0.3 is 17.9 Å². The Morgan fingerprint density at radius 2 is 1.77 bits per heavy atom. The molecule has 0 bridgehead atoms. The molecule has 0 spiro atoms. The van der Waals surface area contributed by atoms with Crippen LogP contribution in [0.5, 0.6) is 0 Å². The van der Waals surface area contributed by atoms with E-state index in [1.54, 1.807) is 6.07 Å². The summed E-state index contributed by atoms with van der Waals surface area (Å²) in [5.41, 5.74) is -0.0782. The highest BCUT2D eigenvalue weighted by Crippen LogP contribution is 2.10. The standard InChI is InChI=1S/C15H16O6.C7H12N2/c1-2-13(16)20-9-5-6-10-21-15(19)12-8-4-3-7-11(12)14(17)18;1-2-3-5-9-6-4-8-7-9/h2-4,7-8H,1,5-6,9-10H2,(H,17,18);4,6-7H,2-3,5H2,1H3/p+1. The monoisotopic (exact) mass is 417 g/mol. The molecule has 1 aromatic carbocycles. The molecule has 0 amide bonds. The van der Waals surface area contributed by atoms with E-state index in [4.69, 9.17) is 14.6 Å². The minimum atomic E-state index is -1.18. The minimum Gasteiger partial charge on any atom is -0.478 e. The van der Waals surface area contributed by atoms with Gasteiger partial charge in [0.15, 0.2) is 0 Å². The van der Waals surface area contributed by atoms with E-state index >= 15 is 0 Å². The van der Waals surface area contributed by atoms with E-state index in [0.29, 0.717) is 12.8 Å². The summed E-state index contributed by atoms with van der Waals surface area (Å²) in [4.78, 5) is 36.5. The summed E-state index contributed by atoms with van der Waals surface area (Å²) in [6.45, 7) is 6.94. The van der Waals surface area contributed by atoms with Crippen molar-refractivity contribution >= 4 is 17.9 Å². The van der Waals surface area contributed by atoms with Crippen LogP contribution < -0.4 is 4.57 Å². The molecule has 1 aromatic heterocycles. The van der Waals surface area contributed by atoms with E-state index in [1.807, 2.05) is 12.5 Å². The smallest absolute Gasteiger partial charge is 0.339 e. The molecule has 0 aliphatic rings. The van der Waals surface area contributed by atoms with Crippen molar-refractivity contribution in [2.24, 2.45) is 0 Å². The number of imidazole rings is 1. The predicted molar refractivity (Wildman–Crippen MR) is 110 cm³/mol. The number of nitrogens with one attached hydrogen (secondary N) is 1. The summed E-state index contributed by atoms with van der Waals surface area (Å²) in [7, 11) is 0. The average Bonchev–Trinajstić information content (AvgIpc) is 3.28. The fourth-order valence-corrected chi connectivity index (χ4v) is 2.33. The molecule has 0 unspecified atom stereocenters. The van der Waals surface area contributed by atoms with Crippen molar-refractivity contribution in [1.29, 1.82) is 0 Å². The number of aryl methyl sites for hydroxylation is 1. The van der Waals surface area contributed by atoms with Gasteiger partial charge in [-0.25, -0.2) is 19.0 Å². The fraction of sp³-hybridized carbons (Fsp3) is 0.364. The first-order chi connectivity index (χ1) is 14.5. The van der Waals surface area contributed by atoms with Gasteiger partial charge in [0, 0.05) is 6.08 Å². The van der Waals surface area contributed by atoms with Crippen LogP contribution in [0.4, 0.5) is 0 Å². The van der Waals surface area contributed by atoms with Gasteiger partial charge in [-0.15, -0.1) is 0 Å². The number of carboxylic acids is 1. The SMILES string of the molecule is C=CC(=O)OCCCCOC(=O)c1ccccc1C(=O)O.CCCC[n+]1cc[nH]c1. The zero-order valence-corrected chi connectivity index (χ0v) is 17.2. The zero-order valence-electron chi connectivity index (χ0n) is 17.2. The lowest BCUT2D eigenvalue weighted by Gasteiger charge is -2.07. The van der Waals surface area contributed by atoms with Gasteiger partial charge < -0.3 is 14.6 Å². The Labute approximate surface area is 176 Å². The number of H-pyrrole nitrogens is 1. The third-order valence-electron chi connectivity index (χ3n) is 3.93. The molecule has 0 aliphatic heterocycles. The highest BCUT2D eigenvalue weighted by Gasteiger charge is 2.16. The quantitative estimate of drug-likeness (QED) is 0.252. The number of ether oxygens (including phenoxy) is 2. The molecule has 2 rings (SSSR count). The van der Waals surface area contributed by atoms with Gasteiger partial charge in [0.25, 0.3) is 0 Å².